The predicted molar refractivity (Wildman–Crippen MR) is 141 cm³/mol. The number of alkyl halides is 3. The molecule has 0 bridgehead atoms. The molecule has 2 unspecified atom stereocenters. The summed E-state index contributed by atoms with van der Waals surface area (Å²) < 4.78 is 57.5. The number of methoxy groups -OCH3 is 3. The van der Waals surface area contributed by atoms with Crippen LogP contribution in [0.4, 0.5) is 13.2 Å². The number of rotatable bonds is 9. The number of halogens is 3. The smallest absolute Gasteiger partial charge is 0.434 e. The van der Waals surface area contributed by atoms with E-state index in [1.165, 1.54) is 45.5 Å². The molecule has 1 aromatic carbocycles. The van der Waals surface area contributed by atoms with Gasteiger partial charge in [0.25, 0.3) is 0 Å². The van der Waals surface area contributed by atoms with Crippen molar-refractivity contribution >= 4 is 0 Å². The van der Waals surface area contributed by atoms with E-state index in [9.17, 15) is 18.3 Å². The number of aliphatic hydroxyl groups excluding tert-OH is 1. The largest absolute Gasteiger partial charge is 0.493 e. The Bertz CT molecular complexity index is 1560. The van der Waals surface area contributed by atoms with Crippen LogP contribution < -0.4 is 9.47 Å². The van der Waals surface area contributed by atoms with Gasteiger partial charge in [-0.1, -0.05) is 24.3 Å². The van der Waals surface area contributed by atoms with Gasteiger partial charge in [0.2, 0.25) is 5.88 Å². The molecule has 4 aromatic rings. The minimum atomic E-state index is -4.57. The Balaban J connectivity index is 1.64. The summed E-state index contributed by atoms with van der Waals surface area (Å²) in [6.07, 6.45) is -0.127. The van der Waals surface area contributed by atoms with Gasteiger partial charge in [-0.2, -0.15) is 13.2 Å². The predicted octanol–water partition coefficient (Wildman–Crippen LogP) is 4.52. The van der Waals surface area contributed by atoms with Crippen LogP contribution in [0, 0.1) is 0 Å². The highest BCUT2D eigenvalue weighted by Crippen LogP contribution is 2.46. The van der Waals surface area contributed by atoms with Gasteiger partial charge in [-0.05, 0) is 25.3 Å². The van der Waals surface area contributed by atoms with Crippen molar-refractivity contribution in [2.75, 3.05) is 21.3 Å². The van der Waals surface area contributed by atoms with Crippen molar-refractivity contribution in [3.8, 4) is 34.4 Å². The molecule has 1 aliphatic rings. The fraction of sp³-hybridized carbons (Fsp3) is 0.393. The highest BCUT2D eigenvalue weighted by molar-refractivity contribution is 5.67. The van der Waals surface area contributed by atoms with Gasteiger partial charge in [0.15, 0.2) is 23.6 Å². The Morgan fingerprint density at radius 2 is 1.71 bits per heavy atom. The zero-order valence-electron chi connectivity index (χ0n) is 23.1. The van der Waals surface area contributed by atoms with Gasteiger partial charge in [0, 0.05) is 31.8 Å². The van der Waals surface area contributed by atoms with Crippen LogP contribution in [-0.2, 0) is 23.4 Å². The number of nitrogens with zero attached hydrogens (tertiary/aromatic N) is 6. The Labute approximate surface area is 234 Å². The minimum Gasteiger partial charge on any atom is -0.493 e. The number of aromatic nitrogens is 6. The maximum Gasteiger partial charge on any atom is 0.434 e. The zero-order valence-corrected chi connectivity index (χ0v) is 23.1. The SMILES string of the molecule is COc1cnc(-c2c(OC)ncnc2C2CC2)nc1C(C)(c1ccc(-c2nc(C(F)(F)F)cn2C)cc1)C(O)OC. The van der Waals surface area contributed by atoms with E-state index >= 15 is 0 Å². The first kappa shape index (κ1) is 28.4. The van der Waals surface area contributed by atoms with Crippen molar-refractivity contribution in [2.24, 2.45) is 7.05 Å². The van der Waals surface area contributed by atoms with Crippen molar-refractivity contribution in [3.63, 3.8) is 0 Å². The first-order chi connectivity index (χ1) is 19.5. The summed E-state index contributed by atoms with van der Waals surface area (Å²) in [7, 11) is 5.82. The van der Waals surface area contributed by atoms with Crippen LogP contribution in [0.5, 0.6) is 11.6 Å². The van der Waals surface area contributed by atoms with Gasteiger partial charge < -0.3 is 23.9 Å². The molecule has 1 aliphatic carbocycles. The monoisotopic (exact) mass is 570 g/mol. The lowest BCUT2D eigenvalue weighted by molar-refractivity contribution is -0.140. The quantitative estimate of drug-likeness (QED) is 0.290. The number of benzene rings is 1. The van der Waals surface area contributed by atoms with E-state index in [-0.39, 0.29) is 11.7 Å². The molecular weight excluding hydrogens is 541 g/mol. The average molecular weight is 571 g/mol. The van der Waals surface area contributed by atoms with Crippen LogP contribution in [0.25, 0.3) is 22.8 Å². The third kappa shape index (κ3) is 5.10. The second-order valence-corrected chi connectivity index (χ2v) is 9.95. The van der Waals surface area contributed by atoms with E-state index in [2.05, 4.69) is 19.9 Å². The topological polar surface area (TPSA) is 117 Å². The molecule has 0 saturated heterocycles. The number of hydrogen-bond acceptors (Lipinski definition) is 9. The van der Waals surface area contributed by atoms with Crippen molar-refractivity contribution < 1.29 is 32.5 Å². The molecule has 3 aromatic heterocycles. The highest BCUT2D eigenvalue weighted by Gasteiger charge is 2.42. The molecule has 0 radical (unpaired) electrons. The van der Waals surface area contributed by atoms with Crippen LogP contribution in [0.2, 0.25) is 0 Å². The van der Waals surface area contributed by atoms with Gasteiger partial charge >= 0.3 is 6.18 Å². The molecule has 10 nitrogen and oxygen atoms in total. The molecule has 0 aliphatic heterocycles. The summed E-state index contributed by atoms with van der Waals surface area (Å²) >= 11 is 0. The Hall–Kier alpha value is -4.10. The van der Waals surface area contributed by atoms with Gasteiger partial charge in [0.05, 0.1) is 31.5 Å². The van der Waals surface area contributed by atoms with Crippen LogP contribution in [0.3, 0.4) is 0 Å². The summed E-state index contributed by atoms with van der Waals surface area (Å²) in [6.45, 7) is 1.73. The summed E-state index contributed by atoms with van der Waals surface area (Å²) in [5, 5.41) is 11.2. The van der Waals surface area contributed by atoms with E-state index in [0.717, 1.165) is 24.7 Å². The maximum atomic E-state index is 13.2. The van der Waals surface area contributed by atoms with Crippen molar-refractivity contribution in [1.82, 2.24) is 29.5 Å². The molecule has 0 spiro atoms. The summed E-state index contributed by atoms with van der Waals surface area (Å²) in [6, 6.07) is 6.63. The van der Waals surface area contributed by atoms with E-state index in [1.807, 2.05) is 0 Å². The van der Waals surface area contributed by atoms with E-state index in [1.54, 1.807) is 31.2 Å². The number of imidazole rings is 1. The van der Waals surface area contributed by atoms with E-state index in [4.69, 9.17) is 19.2 Å². The lowest BCUT2D eigenvalue weighted by Gasteiger charge is -2.34. The lowest BCUT2D eigenvalue weighted by atomic mass is 9.77. The van der Waals surface area contributed by atoms with Gasteiger partial charge in [-0.3, -0.25) is 0 Å². The van der Waals surface area contributed by atoms with Crippen molar-refractivity contribution in [1.29, 1.82) is 0 Å². The Morgan fingerprint density at radius 1 is 1.00 bits per heavy atom. The van der Waals surface area contributed by atoms with Crippen LogP contribution in [0.1, 0.15) is 48.3 Å². The van der Waals surface area contributed by atoms with Crippen LogP contribution in [0.15, 0.2) is 43.0 Å². The third-order valence-corrected chi connectivity index (χ3v) is 7.32. The lowest BCUT2D eigenvalue weighted by Crippen LogP contribution is -2.40. The number of hydrogen-bond donors (Lipinski definition) is 1. The highest BCUT2D eigenvalue weighted by atomic mass is 19.4. The molecular formula is C28H29F3N6O4. The van der Waals surface area contributed by atoms with Crippen molar-refractivity contribution in [2.45, 2.75) is 43.6 Å². The fourth-order valence-electron chi connectivity index (χ4n) is 4.89. The van der Waals surface area contributed by atoms with Gasteiger partial charge in [0.1, 0.15) is 23.4 Å². The zero-order chi connectivity index (χ0) is 29.5. The molecule has 3 heterocycles. The number of aryl methyl sites for hydroxylation is 1. The minimum absolute atomic E-state index is 0.142. The molecule has 1 saturated carbocycles. The summed E-state index contributed by atoms with van der Waals surface area (Å²) in [5.41, 5.74) is 0.372. The fourth-order valence-corrected chi connectivity index (χ4v) is 4.89. The first-order valence-electron chi connectivity index (χ1n) is 12.8. The molecule has 41 heavy (non-hydrogen) atoms. The molecule has 13 heteroatoms. The molecule has 0 amide bonds. The summed E-state index contributed by atoms with van der Waals surface area (Å²) in [5.74, 6) is 1.29. The molecule has 1 fully saturated rings. The Morgan fingerprint density at radius 3 is 2.27 bits per heavy atom. The third-order valence-electron chi connectivity index (χ3n) is 7.32. The number of ether oxygens (including phenoxy) is 3. The van der Waals surface area contributed by atoms with Crippen molar-refractivity contribution in [3.05, 3.63) is 65.6 Å². The molecule has 5 rings (SSSR count). The van der Waals surface area contributed by atoms with Crippen LogP contribution >= 0.6 is 0 Å². The Kier molecular flexibility index (Phi) is 7.43. The maximum absolute atomic E-state index is 13.2. The molecule has 216 valence electrons. The summed E-state index contributed by atoms with van der Waals surface area (Å²) in [4.78, 5) is 21.9. The average Bonchev–Trinajstić information content (AvgIpc) is 3.75. The van der Waals surface area contributed by atoms with Gasteiger partial charge in [-0.25, -0.2) is 24.9 Å². The second-order valence-electron chi connectivity index (χ2n) is 9.95. The molecule has 2 atom stereocenters. The van der Waals surface area contributed by atoms with E-state index in [0.29, 0.717) is 39.8 Å². The first-order valence-corrected chi connectivity index (χ1v) is 12.8. The molecule has 1 N–H and O–H groups in total. The second kappa shape index (κ2) is 10.7. The van der Waals surface area contributed by atoms with Gasteiger partial charge in [-0.15, -0.1) is 0 Å². The van der Waals surface area contributed by atoms with Crippen LogP contribution in [-0.4, -0.2) is 62.2 Å². The standard InChI is InChI=1S/C28H29F3N6O4/c1-27(26(38)41-5,17-10-8-16(9-11-17)24-35-19(13-37(24)2)28(29,30)31)22-18(39-3)12-32-23(36-22)20-21(15-6-7-15)33-14-34-25(20)40-4/h8-15,26,38H,6-7H2,1-5H3. The van der Waals surface area contributed by atoms with E-state index < -0.39 is 23.6 Å². The normalized spacial score (nSPS) is 15.8. The number of aliphatic hydroxyl groups is 1.